The largest absolute Gasteiger partial charge is 0.318 e. The second-order valence-electron chi connectivity index (χ2n) is 5.95. The van der Waals surface area contributed by atoms with Crippen molar-refractivity contribution >= 4 is 17.2 Å². The quantitative estimate of drug-likeness (QED) is 0.923. The van der Waals surface area contributed by atoms with Crippen LogP contribution in [0, 0.1) is 0 Å². The van der Waals surface area contributed by atoms with Crippen molar-refractivity contribution in [3.63, 3.8) is 0 Å². The molecule has 2 aliphatic heterocycles. The normalized spacial score (nSPS) is 29.3. The lowest BCUT2D eigenvalue weighted by Gasteiger charge is -2.32. The fraction of sp³-hybridized carbons (Fsp3) is 0.667. The molecule has 0 saturated carbocycles. The van der Waals surface area contributed by atoms with Crippen molar-refractivity contribution in [1.82, 2.24) is 15.1 Å². The van der Waals surface area contributed by atoms with Crippen molar-refractivity contribution in [2.24, 2.45) is 0 Å². The lowest BCUT2D eigenvalue weighted by molar-refractivity contribution is -0.132. The summed E-state index contributed by atoms with van der Waals surface area (Å²) < 4.78 is 0. The van der Waals surface area contributed by atoms with Gasteiger partial charge in [0.05, 0.1) is 6.04 Å². The number of thiophene rings is 1. The summed E-state index contributed by atoms with van der Waals surface area (Å²) in [5.74, 6) is 0.230. The van der Waals surface area contributed by atoms with Gasteiger partial charge in [-0.1, -0.05) is 0 Å². The molecule has 0 spiro atoms. The molecule has 4 nitrogen and oxygen atoms in total. The Bertz CT molecular complexity index is 456. The molecule has 3 atom stereocenters. The van der Waals surface area contributed by atoms with Crippen molar-refractivity contribution in [3.8, 4) is 0 Å². The lowest BCUT2D eigenvalue weighted by atomic mass is 10.2. The Hall–Kier alpha value is -0.910. The van der Waals surface area contributed by atoms with E-state index in [1.807, 2.05) is 11.8 Å². The lowest BCUT2D eigenvalue weighted by Crippen LogP contribution is -2.44. The third-order valence-corrected chi connectivity index (χ3v) is 5.07. The van der Waals surface area contributed by atoms with Gasteiger partial charge in [-0.3, -0.25) is 10.1 Å². The van der Waals surface area contributed by atoms with E-state index in [2.05, 4.69) is 34.0 Å². The molecule has 2 aliphatic rings. The maximum Gasteiger partial charge on any atom is 0.241 e. The molecular weight excluding hydrogens is 270 g/mol. The van der Waals surface area contributed by atoms with Crippen LogP contribution in [0.25, 0.3) is 0 Å². The molecule has 3 unspecified atom stereocenters. The predicted molar refractivity (Wildman–Crippen MR) is 81.6 cm³/mol. The van der Waals surface area contributed by atoms with Crippen molar-refractivity contribution in [2.75, 3.05) is 19.6 Å². The zero-order valence-electron chi connectivity index (χ0n) is 12.2. The van der Waals surface area contributed by atoms with Gasteiger partial charge in [-0.25, -0.2) is 0 Å². The zero-order valence-corrected chi connectivity index (χ0v) is 13.0. The van der Waals surface area contributed by atoms with Gasteiger partial charge in [0.1, 0.15) is 6.17 Å². The minimum atomic E-state index is -0.0825. The molecule has 1 aromatic rings. The van der Waals surface area contributed by atoms with Crippen LogP contribution >= 0.6 is 11.3 Å². The summed E-state index contributed by atoms with van der Waals surface area (Å²) in [7, 11) is 0. The minimum Gasteiger partial charge on any atom is -0.318 e. The van der Waals surface area contributed by atoms with Crippen LogP contribution < -0.4 is 5.32 Å². The topological polar surface area (TPSA) is 35.6 Å². The number of nitrogens with one attached hydrogen (secondary N) is 1. The highest BCUT2D eigenvalue weighted by Gasteiger charge is 2.40. The second-order valence-corrected chi connectivity index (χ2v) is 6.73. The fourth-order valence-electron chi connectivity index (χ4n) is 3.33. The van der Waals surface area contributed by atoms with E-state index in [1.165, 1.54) is 31.5 Å². The summed E-state index contributed by atoms with van der Waals surface area (Å²) >= 11 is 1.69. The first-order valence-electron chi connectivity index (χ1n) is 7.49. The number of carbonyl (C=O) groups is 1. The average molecular weight is 293 g/mol. The van der Waals surface area contributed by atoms with Gasteiger partial charge in [-0.2, -0.15) is 11.3 Å². The van der Waals surface area contributed by atoms with Gasteiger partial charge < -0.3 is 9.80 Å². The van der Waals surface area contributed by atoms with Gasteiger partial charge in [0.15, 0.2) is 0 Å². The predicted octanol–water partition coefficient (Wildman–Crippen LogP) is 2.05. The monoisotopic (exact) mass is 293 g/mol. The number of likely N-dealkylation sites (tertiary alicyclic amines) is 1. The van der Waals surface area contributed by atoms with Gasteiger partial charge in [-0.15, -0.1) is 0 Å². The number of hydrogen-bond donors (Lipinski definition) is 1. The Morgan fingerprint density at radius 2 is 2.20 bits per heavy atom. The van der Waals surface area contributed by atoms with Gasteiger partial charge in [0, 0.05) is 12.6 Å². The highest BCUT2D eigenvalue weighted by molar-refractivity contribution is 7.07. The third kappa shape index (κ3) is 2.62. The van der Waals surface area contributed by atoms with E-state index >= 15 is 0 Å². The van der Waals surface area contributed by atoms with Crippen LogP contribution in [-0.4, -0.2) is 47.4 Å². The van der Waals surface area contributed by atoms with E-state index in [4.69, 9.17) is 0 Å². The molecule has 2 fully saturated rings. The number of hydrogen-bond acceptors (Lipinski definition) is 4. The molecule has 0 aliphatic carbocycles. The molecule has 1 aromatic heterocycles. The van der Waals surface area contributed by atoms with E-state index in [-0.39, 0.29) is 24.2 Å². The van der Waals surface area contributed by atoms with Crippen molar-refractivity contribution in [2.45, 2.75) is 44.9 Å². The highest BCUT2D eigenvalue weighted by Crippen LogP contribution is 2.29. The molecule has 2 saturated heterocycles. The summed E-state index contributed by atoms with van der Waals surface area (Å²) in [6, 6.07) is 2.28. The minimum absolute atomic E-state index is 0.0429. The van der Waals surface area contributed by atoms with Crippen LogP contribution in [0.3, 0.4) is 0 Å². The Kier molecular flexibility index (Phi) is 4.10. The van der Waals surface area contributed by atoms with E-state index in [1.54, 1.807) is 11.3 Å². The van der Waals surface area contributed by atoms with E-state index < -0.39 is 0 Å². The van der Waals surface area contributed by atoms with Gasteiger partial charge in [0.2, 0.25) is 5.91 Å². The van der Waals surface area contributed by atoms with E-state index in [9.17, 15) is 4.79 Å². The van der Waals surface area contributed by atoms with Crippen LogP contribution in [0.2, 0.25) is 0 Å². The van der Waals surface area contributed by atoms with Crippen LogP contribution in [-0.2, 0) is 4.79 Å². The van der Waals surface area contributed by atoms with E-state index in [0.29, 0.717) is 0 Å². The van der Waals surface area contributed by atoms with Crippen molar-refractivity contribution in [1.29, 1.82) is 0 Å². The SMILES string of the molecule is CC1NC(c2ccsc2)N(C(C)CN2CCCC2)C1=O. The Labute approximate surface area is 124 Å². The van der Waals surface area contributed by atoms with Gasteiger partial charge in [0.25, 0.3) is 0 Å². The molecule has 20 heavy (non-hydrogen) atoms. The Morgan fingerprint density at radius 1 is 1.45 bits per heavy atom. The van der Waals surface area contributed by atoms with Crippen LogP contribution in [0.1, 0.15) is 38.4 Å². The van der Waals surface area contributed by atoms with Crippen molar-refractivity contribution < 1.29 is 4.79 Å². The maximum absolute atomic E-state index is 12.5. The third-order valence-electron chi connectivity index (χ3n) is 4.37. The molecular formula is C15H23N3OS. The standard InChI is InChI=1S/C15H23N3OS/c1-11(9-17-6-3-4-7-17)18-14(13-5-8-20-10-13)16-12(2)15(18)19/h5,8,10-12,14,16H,3-4,6-7,9H2,1-2H3. The number of nitrogens with zero attached hydrogens (tertiary/aromatic N) is 2. The molecule has 1 amide bonds. The number of carbonyl (C=O) groups excluding carboxylic acids is 1. The van der Waals surface area contributed by atoms with Crippen LogP contribution in [0.15, 0.2) is 16.8 Å². The highest BCUT2D eigenvalue weighted by atomic mass is 32.1. The molecule has 1 N–H and O–H groups in total. The van der Waals surface area contributed by atoms with Crippen LogP contribution in [0.4, 0.5) is 0 Å². The first-order chi connectivity index (χ1) is 9.66. The molecule has 0 radical (unpaired) electrons. The van der Waals surface area contributed by atoms with Gasteiger partial charge >= 0.3 is 0 Å². The molecule has 3 rings (SSSR count). The first kappa shape index (κ1) is 14.0. The average Bonchev–Trinajstić information content (AvgIpc) is 3.12. The molecule has 0 bridgehead atoms. The Balaban J connectivity index is 1.75. The molecule has 3 heterocycles. The van der Waals surface area contributed by atoms with Gasteiger partial charge in [-0.05, 0) is 62.2 Å². The molecule has 110 valence electrons. The molecule has 0 aromatic carbocycles. The Morgan fingerprint density at radius 3 is 2.85 bits per heavy atom. The summed E-state index contributed by atoms with van der Waals surface area (Å²) in [6.07, 6.45) is 2.63. The summed E-state index contributed by atoms with van der Waals surface area (Å²) in [6.45, 7) is 7.48. The zero-order chi connectivity index (χ0) is 14.1. The first-order valence-corrected chi connectivity index (χ1v) is 8.44. The van der Waals surface area contributed by atoms with Crippen molar-refractivity contribution in [3.05, 3.63) is 22.4 Å². The summed E-state index contributed by atoms with van der Waals surface area (Å²) in [4.78, 5) is 17.0. The fourth-order valence-corrected chi connectivity index (χ4v) is 4.00. The second kappa shape index (κ2) is 5.84. The number of amides is 1. The summed E-state index contributed by atoms with van der Waals surface area (Å²) in [5.41, 5.74) is 1.21. The summed E-state index contributed by atoms with van der Waals surface area (Å²) in [5, 5.41) is 7.64. The maximum atomic E-state index is 12.5. The molecule has 5 heteroatoms. The smallest absolute Gasteiger partial charge is 0.241 e. The van der Waals surface area contributed by atoms with Crippen LogP contribution in [0.5, 0.6) is 0 Å². The van der Waals surface area contributed by atoms with E-state index in [0.717, 1.165) is 6.54 Å². The number of rotatable bonds is 4.